The number of fused-ring (bicyclic) bond motifs is 2. The van der Waals surface area contributed by atoms with E-state index in [2.05, 4.69) is 20.6 Å². The number of nitrogens with zero attached hydrogens (tertiary/aromatic N) is 2. The number of benzene rings is 1. The molecule has 5 nitrogen and oxygen atoms in total. The van der Waals surface area contributed by atoms with Crippen molar-refractivity contribution in [2.24, 2.45) is 5.92 Å². The van der Waals surface area contributed by atoms with Crippen molar-refractivity contribution >= 4 is 11.6 Å². The number of piperidine rings is 1. The smallest absolute Gasteiger partial charge is 0.224 e. The number of carbonyl (C=O) groups is 1. The quantitative estimate of drug-likeness (QED) is 0.899. The number of hydrogen-bond acceptors (Lipinski definition) is 4. The fourth-order valence-electron chi connectivity index (χ4n) is 4.19. The van der Waals surface area contributed by atoms with Crippen molar-refractivity contribution < 1.29 is 4.79 Å². The van der Waals surface area contributed by atoms with Gasteiger partial charge in [0.05, 0.1) is 5.69 Å². The lowest BCUT2D eigenvalue weighted by atomic mass is 9.89. The lowest BCUT2D eigenvalue weighted by Crippen LogP contribution is -2.39. The SMILES string of the molecule is Cc1nccc(-c2cccc(NC(=O)CC3CC4CCC(C3)N4)c2)n1. The van der Waals surface area contributed by atoms with Gasteiger partial charge >= 0.3 is 0 Å². The summed E-state index contributed by atoms with van der Waals surface area (Å²) in [4.78, 5) is 21.0. The van der Waals surface area contributed by atoms with Crippen molar-refractivity contribution in [2.45, 2.75) is 51.1 Å². The molecule has 2 N–H and O–H groups in total. The molecule has 2 unspecified atom stereocenters. The predicted octanol–water partition coefficient (Wildman–Crippen LogP) is 3.31. The summed E-state index contributed by atoms with van der Waals surface area (Å²) in [7, 11) is 0. The largest absolute Gasteiger partial charge is 0.326 e. The summed E-state index contributed by atoms with van der Waals surface area (Å²) in [6.07, 6.45) is 7.17. The number of aryl methyl sites for hydroxylation is 1. The molecule has 130 valence electrons. The molecule has 2 bridgehead atoms. The predicted molar refractivity (Wildman–Crippen MR) is 98.1 cm³/mol. The summed E-state index contributed by atoms with van der Waals surface area (Å²) in [5.41, 5.74) is 2.69. The number of nitrogens with one attached hydrogen (secondary N) is 2. The van der Waals surface area contributed by atoms with Crippen LogP contribution in [0.4, 0.5) is 5.69 Å². The molecule has 2 fully saturated rings. The Hall–Kier alpha value is -2.27. The van der Waals surface area contributed by atoms with Crippen molar-refractivity contribution in [3.05, 3.63) is 42.4 Å². The zero-order valence-corrected chi connectivity index (χ0v) is 14.5. The van der Waals surface area contributed by atoms with Gasteiger partial charge in [-0.2, -0.15) is 0 Å². The average molecular weight is 336 g/mol. The van der Waals surface area contributed by atoms with Crippen LogP contribution in [0.1, 0.15) is 37.9 Å². The molecule has 1 aromatic carbocycles. The summed E-state index contributed by atoms with van der Waals surface area (Å²) in [6.45, 7) is 1.88. The normalized spacial score (nSPS) is 24.9. The second-order valence-electron chi connectivity index (χ2n) is 7.30. The molecule has 2 aromatic rings. The van der Waals surface area contributed by atoms with Crippen LogP contribution in [0, 0.1) is 12.8 Å². The van der Waals surface area contributed by atoms with Crippen LogP contribution in [-0.2, 0) is 4.79 Å². The van der Waals surface area contributed by atoms with Crippen LogP contribution >= 0.6 is 0 Å². The van der Waals surface area contributed by atoms with Gasteiger partial charge in [-0.05, 0) is 56.7 Å². The Kier molecular flexibility index (Phi) is 4.49. The first kappa shape index (κ1) is 16.2. The summed E-state index contributed by atoms with van der Waals surface area (Å²) in [6, 6.07) is 11.0. The molecule has 0 radical (unpaired) electrons. The van der Waals surface area contributed by atoms with Gasteiger partial charge in [-0.25, -0.2) is 9.97 Å². The van der Waals surface area contributed by atoms with E-state index in [0.29, 0.717) is 24.4 Å². The van der Waals surface area contributed by atoms with E-state index in [-0.39, 0.29) is 5.91 Å². The zero-order valence-electron chi connectivity index (χ0n) is 14.5. The first-order valence-corrected chi connectivity index (χ1v) is 9.12. The first-order valence-electron chi connectivity index (χ1n) is 9.12. The summed E-state index contributed by atoms with van der Waals surface area (Å²) >= 11 is 0. The Morgan fingerprint density at radius 2 is 2.04 bits per heavy atom. The fraction of sp³-hybridized carbons (Fsp3) is 0.450. The third kappa shape index (κ3) is 3.87. The average Bonchev–Trinajstić information content (AvgIpc) is 2.93. The Labute approximate surface area is 148 Å². The number of amides is 1. The third-order valence-electron chi connectivity index (χ3n) is 5.26. The maximum absolute atomic E-state index is 12.5. The Morgan fingerprint density at radius 3 is 2.80 bits per heavy atom. The zero-order chi connectivity index (χ0) is 17.2. The maximum Gasteiger partial charge on any atom is 0.224 e. The minimum absolute atomic E-state index is 0.113. The van der Waals surface area contributed by atoms with Gasteiger partial charge in [0, 0.05) is 36.0 Å². The number of aromatic nitrogens is 2. The van der Waals surface area contributed by atoms with Crippen molar-refractivity contribution in [2.75, 3.05) is 5.32 Å². The van der Waals surface area contributed by atoms with Gasteiger partial charge in [-0.3, -0.25) is 4.79 Å². The summed E-state index contributed by atoms with van der Waals surface area (Å²) < 4.78 is 0. The molecule has 25 heavy (non-hydrogen) atoms. The van der Waals surface area contributed by atoms with E-state index in [1.165, 1.54) is 12.8 Å². The molecule has 2 atom stereocenters. The Morgan fingerprint density at radius 1 is 1.24 bits per heavy atom. The van der Waals surface area contributed by atoms with Crippen molar-refractivity contribution in [3.63, 3.8) is 0 Å². The van der Waals surface area contributed by atoms with Gasteiger partial charge in [0.15, 0.2) is 0 Å². The lowest BCUT2D eigenvalue weighted by Gasteiger charge is -2.28. The van der Waals surface area contributed by atoms with Crippen LogP contribution < -0.4 is 10.6 Å². The minimum atomic E-state index is 0.113. The van der Waals surface area contributed by atoms with E-state index in [1.807, 2.05) is 37.3 Å². The van der Waals surface area contributed by atoms with Gasteiger partial charge in [-0.15, -0.1) is 0 Å². The van der Waals surface area contributed by atoms with Gasteiger partial charge < -0.3 is 10.6 Å². The molecular weight excluding hydrogens is 312 g/mol. The molecular formula is C20H24N4O. The van der Waals surface area contributed by atoms with Gasteiger partial charge in [0.2, 0.25) is 5.91 Å². The van der Waals surface area contributed by atoms with Crippen LogP contribution in [0.5, 0.6) is 0 Å². The highest BCUT2D eigenvalue weighted by molar-refractivity contribution is 5.91. The standard InChI is InChI=1S/C20H24N4O/c1-13-21-8-7-19(22-13)15-3-2-4-16(12-15)24-20(25)11-14-9-17-5-6-18(10-14)23-17/h2-4,7-8,12,14,17-18,23H,5-6,9-11H2,1H3,(H,24,25). The molecule has 0 saturated carbocycles. The molecule has 5 heteroatoms. The third-order valence-corrected chi connectivity index (χ3v) is 5.26. The number of rotatable bonds is 4. The van der Waals surface area contributed by atoms with Crippen LogP contribution in [-0.4, -0.2) is 28.0 Å². The highest BCUT2D eigenvalue weighted by atomic mass is 16.1. The van der Waals surface area contributed by atoms with Crippen molar-refractivity contribution in [3.8, 4) is 11.3 Å². The van der Waals surface area contributed by atoms with E-state index in [0.717, 1.165) is 35.6 Å². The van der Waals surface area contributed by atoms with Crippen LogP contribution in [0.2, 0.25) is 0 Å². The fourth-order valence-corrected chi connectivity index (χ4v) is 4.19. The molecule has 0 spiro atoms. The van der Waals surface area contributed by atoms with Crippen molar-refractivity contribution in [1.82, 2.24) is 15.3 Å². The lowest BCUT2D eigenvalue weighted by molar-refractivity contribution is -0.117. The second kappa shape index (κ2) is 6.92. The summed E-state index contributed by atoms with van der Waals surface area (Å²) in [5, 5.41) is 6.69. The monoisotopic (exact) mass is 336 g/mol. The number of anilines is 1. The molecule has 4 rings (SSSR count). The topological polar surface area (TPSA) is 66.9 Å². The minimum Gasteiger partial charge on any atom is -0.326 e. The van der Waals surface area contributed by atoms with Crippen LogP contribution in [0.15, 0.2) is 36.5 Å². The van der Waals surface area contributed by atoms with Gasteiger partial charge in [0.25, 0.3) is 0 Å². The van der Waals surface area contributed by atoms with E-state index >= 15 is 0 Å². The maximum atomic E-state index is 12.5. The van der Waals surface area contributed by atoms with E-state index in [9.17, 15) is 4.79 Å². The highest BCUT2D eigenvalue weighted by Gasteiger charge is 2.34. The number of carbonyl (C=O) groups excluding carboxylic acids is 1. The molecule has 2 aliphatic heterocycles. The van der Waals surface area contributed by atoms with Crippen molar-refractivity contribution in [1.29, 1.82) is 0 Å². The van der Waals surface area contributed by atoms with Gasteiger partial charge in [0.1, 0.15) is 5.82 Å². The molecule has 3 heterocycles. The highest BCUT2D eigenvalue weighted by Crippen LogP contribution is 2.33. The van der Waals surface area contributed by atoms with Gasteiger partial charge in [-0.1, -0.05) is 12.1 Å². The van der Waals surface area contributed by atoms with E-state index < -0.39 is 0 Å². The van der Waals surface area contributed by atoms with E-state index in [4.69, 9.17) is 0 Å². The van der Waals surface area contributed by atoms with E-state index in [1.54, 1.807) is 6.20 Å². The van der Waals surface area contributed by atoms with Crippen LogP contribution in [0.3, 0.4) is 0 Å². The second-order valence-corrected chi connectivity index (χ2v) is 7.30. The Bertz CT molecular complexity index is 764. The molecule has 0 aliphatic carbocycles. The Balaban J connectivity index is 1.40. The first-order chi connectivity index (χ1) is 12.2. The molecule has 1 amide bonds. The number of hydrogen-bond donors (Lipinski definition) is 2. The molecule has 1 aromatic heterocycles. The molecule has 2 saturated heterocycles. The van der Waals surface area contributed by atoms with Crippen LogP contribution in [0.25, 0.3) is 11.3 Å². The summed E-state index contributed by atoms with van der Waals surface area (Å²) in [5.74, 6) is 1.36. The molecule has 2 aliphatic rings.